The molecule has 2 unspecified atom stereocenters. The Labute approximate surface area is 469 Å². The summed E-state index contributed by atoms with van der Waals surface area (Å²) >= 11 is 0. The zero-order valence-electron chi connectivity index (χ0n) is 50.2. The van der Waals surface area contributed by atoms with Gasteiger partial charge in [0.25, 0.3) is 0 Å². The minimum Gasteiger partial charge on any atom is -0.462 e. The molecule has 76 heavy (non-hydrogen) atoms. The number of unbranched alkanes of at least 4 members (excludes halogenated alkanes) is 32. The van der Waals surface area contributed by atoms with E-state index in [1.807, 2.05) is 21.1 Å². The molecule has 0 aromatic carbocycles. The van der Waals surface area contributed by atoms with Gasteiger partial charge in [-0.25, -0.2) is 4.57 Å². The second-order valence-electron chi connectivity index (χ2n) is 22.4. The number of esters is 2. The fourth-order valence-electron chi connectivity index (χ4n) is 8.86. The number of phosphoric ester groups is 1. The molecule has 0 fully saturated rings. The molecule has 0 saturated carbocycles. The molecule has 0 aliphatic carbocycles. The normalized spacial score (nSPS) is 13.7. The summed E-state index contributed by atoms with van der Waals surface area (Å²) in [5.74, 6) is -0.810. The minimum absolute atomic E-state index is 0.0277. The van der Waals surface area contributed by atoms with Crippen LogP contribution < -0.4 is 0 Å². The van der Waals surface area contributed by atoms with Crippen LogP contribution in [0.2, 0.25) is 0 Å². The molecule has 2 atom stereocenters. The Morgan fingerprint density at radius 3 is 1.12 bits per heavy atom. The van der Waals surface area contributed by atoms with Gasteiger partial charge in [-0.05, 0) is 83.5 Å². The lowest BCUT2D eigenvalue weighted by atomic mass is 10.0. The monoisotopic (exact) mass is 1090 g/mol. The van der Waals surface area contributed by atoms with E-state index >= 15 is 0 Å². The zero-order chi connectivity index (χ0) is 55.6. The molecule has 0 aliphatic heterocycles. The van der Waals surface area contributed by atoms with Crippen LogP contribution in [0.4, 0.5) is 0 Å². The highest BCUT2D eigenvalue weighted by atomic mass is 31.2. The van der Waals surface area contributed by atoms with Gasteiger partial charge in [-0.1, -0.05) is 260 Å². The number of ether oxygens (including phenoxy) is 2. The fraction of sp³-hybridized carbons (Fsp3) is 0.788. The van der Waals surface area contributed by atoms with Gasteiger partial charge in [-0.3, -0.25) is 18.6 Å². The Morgan fingerprint density at radius 1 is 0.421 bits per heavy atom. The summed E-state index contributed by atoms with van der Waals surface area (Å²) in [4.78, 5) is 35.7. The van der Waals surface area contributed by atoms with Gasteiger partial charge in [0.05, 0.1) is 27.7 Å². The van der Waals surface area contributed by atoms with Gasteiger partial charge in [0, 0.05) is 12.8 Å². The lowest BCUT2D eigenvalue weighted by Gasteiger charge is -2.24. The number of carbonyl (C=O) groups is 2. The summed E-state index contributed by atoms with van der Waals surface area (Å²) in [6, 6.07) is 0. The molecule has 0 bridgehead atoms. The number of phosphoric acid groups is 1. The predicted octanol–water partition coefficient (Wildman–Crippen LogP) is 20.0. The number of allylic oxidation sites excluding steroid dienone is 12. The molecule has 0 amide bonds. The van der Waals surface area contributed by atoms with Crippen molar-refractivity contribution in [3.8, 4) is 0 Å². The van der Waals surface area contributed by atoms with Crippen LogP contribution in [0.15, 0.2) is 72.9 Å². The second-order valence-corrected chi connectivity index (χ2v) is 23.9. The highest BCUT2D eigenvalue weighted by Crippen LogP contribution is 2.43. The van der Waals surface area contributed by atoms with Crippen LogP contribution in [0.3, 0.4) is 0 Å². The number of likely N-dealkylation sites (N-methyl/N-ethyl adjacent to an activating group) is 1. The Bertz CT molecular complexity index is 1510. The molecule has 0 aromatic heterocycles. The van der Waals surface area contributed by atoms with Crippen molar-refractivity contribution in [2.75, 3.05) is 47.5 Å². The minimum atomic E-state index is -4.39. The van der Waals surface area contributed by atoms with Crippen molar-refractivity contribution in [1.82, 2.24) is 0 Å². The first kappa shape index (κ1) is 73.5. The molecule has 0 heterocycles. The van der Waals surface area contributed by atoms with Gasteiger partial charge in [0.2, 0.25) is 0 Å². The Hall–Kier alpha value is -2.55. The van der Waals surface area contributed by atoms with E-state index in [0.717, 1.165) is 83.5 Å². The second kappa shape index (κ2) is 57.1. The topological polar surface area (TPSA) is 108 Å². The summed E-state index contributed by atoms with van der Waals surface area (Å²) in [6.07, 6.45) is 75.8. The maximum atomic E-state index is 12.8. The Balaban J connectivity index is 3.96. The smallest absolute Gasteiger partial charge is 0.462 e. The average molecular weight is 1090 g/mol. The van der Waals surface area contributed by atoms with E-state index in [1.165, 1.54) is 167 Å². The molecule has 0 aliphatic rings. The van der Waals surface area contributed by atoms with Gasteiger partial charge >= 0.3 is 19.8 Å². The maximum Gasteiger partial charge on any atom is 0.472 e. The maximum absolute atomic E-state index is 12.8. The number of quaternary nitrogens is 1. The highest BCUT2D eigenvalue weighted by Gasteiger charge is 2.27. The van der Waals surface area contributed by atoms with E-state index in [2.05, 4.69) is 86.8 Å². The first-order valence-corrected chi connectivity index (χ1v) is 33.2. The van der Waals surface area contributed by atoms with Crippen molar-refractivity contribution in [1.29, 1.82) is 0 Å². The molecule has 0 aromatic rings. The summed E-state index contributed by atoms with van der Waals surface area (Å²) in [5, 5.41) is 0. The Morgan fingerprint density at radius 2 is 0.750 bits per heavy atom. The molecular formula is C66H121NO8P+. The van der Waals surface area contributed by atoms with Crippen molar-refractivity contribution >= 4 is 19.8 Å². The first-order valence-electron chi connectivity index (χ1n) is 31.7. The molecule has 0 saturated heterocycles. The average Bonchev–Trinajstić information content (AvgIpc) is 3.38. The summed E-state index contributed by atoms with van der Waals surface area (Å²) in [7, 11) is 1.47. The number of rotatable bonds is 58. The molecule has 0 radical (unpaired) electrons. The first-order chi connectivity index (χ1) is 37.0. The number of hydrogen-bond acceptors (Lipinski definition) is 7. The van der Waals surface area contributed by atoms with E-state index in [-0.39, 0.29) is 32.0 Å². The molecule has 0 rings (SSSR count). The van der Waals surface area contributed by atoms with Crippen LogP contribution in [0, 0.1) is 0 Å². The fourth-order valence-corrected chi connectivity index (χ4v) is 9.60. The molecule has 0 spiro atoms. The lowest BCUT2D eigenvalue weighted by Crippen LogP contribution is -2.37. The van der Waals surface area contributed by atoms with E-state index in [1.54, 1.807) is 0 Å². The molecular weight excluding hydrogens is 966 g/mol. The Kier molecular flexibility index (Phi) is 55.2. The van der Waals surface area contributed by atoms with Crippen molar-refractivity contribution < 1.29 is 42.1 Å². The summed E-state index contributed by atoms with van der Waals surface area (Å²) in [5.41, 5.74) is 0. The highest BCUT2D eigenvalue weighted by molar-refractivity contribution is 7.47. The van der Waals surface area contributed by atoms with E-state index in [9.17, 15) is 19.0 Å². The van der Waals surface area contributed by atoms with E-state index in [4.69, 9.17) is 18.5 Å². The van der Waals surface area contributed by atoms with Crippen LogP contribution in [0.5, 0.6) is 0 Å². The van der Waals surface area contributed by atoms with Crippen molar-refractivity contribution in [3.05, 3.63) is 72.9 Å². The van der Waals surface area contributed by atoms with Crippen LogP contribution in [-0.4, -0.2) is 74.9 Å². The predicted molar refractivity (Wildman–Crippen MR) is 326 cm³/mol. The van der Waals surface area contributed by atoms with Gasteiger partial charge in [-0.15, -0.1) is 0 Å². The third-order valence-electron chi connectivity index (χ3n) is 13.7. The van der Waals surface area contributed by atoms with Crippen LogP contribution in [-0.2, 0) is 32.7 Å². The van der Waals surface area contributed by atoms with Crippen LogP contribution in [0.25, 0.3) is 0 Å². The SMILES string of the molecule is CC/C=C\C/C=C\C/C=C\CCCCCCCC(=O)OCC(COP(=O)(O)OCC[N+](C)(C)C)OC(=O)CCCCCCCCCCCCCCCCCCCCCCCC/C=C\C/C=C\C/C=C\CCCCCCC. The van der Waals surface area contributed by atoms with Crippen molar-refractivity contribution in [2.24, 2.45) is 0 Å². The molecule has 1 N–H and O–H groups in total. The van der Waals surface area contributed by atoms with Crippen molar-refractivity contribution in [2.45, 2.75) is 290 Å². The third-order valence-corrected chi connectivity index (χ3v) is 14.7. The number of carbonyl (C=O) groups excluding carboxylic acids is 2. The van der Waals surface area contributed by atoms with Crippen LogP contribution in [0.1, 0.15) is 284 Å². The van der Waals surface area contributed by atoms with Gasteiger partial charge < -0.3 is 18.9 Å². The number of hydrogen-bond donors (Lipinski definition) is 1. The summed E-state index contributed by atoms with van der Waals surface area (Å²) in [6.45, 7) is 4.31. The molecule has 9 nitrogen and oxygen atoms in total. The van der Waals surface area contributed by atoms with Crippen LogP contribution >= 0.6 is 7.82 Å². The quantitative estimate of drug-likeness (QED) is 0.0211. The van der Waals surface area contributed by atoms with Gasteiger partial charge in [-0.2, -0.15) is 0 Å². The van der Waals surface area contributed by atoms with Gasteiger partial charge in [0.1, 0.15) is 19.8 Å². The van der Waals surface area contributed by atoms with Crippen molar-refractivity contribution in [3.63, 3.8) is 0 Å². The summed E-state index contributed by atoms with van der Waals surface area (Å²) < 4.78 is 34.6. The zero-order valence-corrected chi connectivity index (χ0v) is 51.1. The third kappa shape index (κ3) is 60.7. The van der Waals surface area contributed by atoms with E-state index < -0.39 is 26.5 Å². The van der Waals surface area contributed by atoms with Gasteiger partial charge in [0.15, 0.2) is 6.10 Å². The molecule has 10 heteroatoms. The van der Waals surface area contributed by atoms with E-state index in [0.29, 0.717) is 17.4 Å². The standard InChI is InChI=1S/C66H120NO8P/c1-6-8-10-12-14-16-18-20-22-23-24-25-26-27-28-29-30-31-32-33-34-35-36-37-38-39-40-41-42-43-45-47-49-51-53-55-57-59-66(69)75-64(63-74-76(70,71)73-61-60-67(3,4)5)62-72-65(68)58-56-54-52-50-48-46-44-21-19-17-15-13-11-9-7-2/h9,11,15,17-18,20-21,23-24,26-27,44,64H,6-8,10,12-14,16,19,22,25,28-43,45-63H2,1-5H3/p+1/b11-9-,17-15-,20-18-,24-23-,27-26-,44-21-. The largest absolute Gasteiger partial charge is 0.472 e. The lowest BCUT2D eigenvalue weighted by molar-refractivity contribution is -0.870. The molecule has 442 valence electrons. The number of nitrogens with zero attached hydrogens (tertiary/aromatic N) is 1.